The van der Waals surface area contributed by atoms with E-state index in [1.54, 1.807) is 14.2 Å². The molecule has 0 fully saturated rings. The minimum Gasteiger partial charge on any atom is -0.394 e. The molecule has 0 heterocycles. The molecule has 0 aromatic rings. The Kier molecular flexibility index (Phi) is 1030. The van der Waals surface area contributed by atoms with Gasteiger partial charge in [-0.25, -0.2) is 0 Å². The molecule has 0 saturated heterocycles. The molecule has 0 amide bonds. The van der Waals surface area contributed by atoms with Crippen molar-refractivity contribution in [3.8, 4) is 0 Å². The van der Waals surface area contributed by atoms with E-state index in [-0.39, 0.29) is 230 Å². The Labute approximate surface area is 302 Å². The van der Waals surface area contributed by atoms with Gasteiger partial charge in [0, 0.05) is 108 Å². The van der Waals surface area contributed by atoms with Crippen molar-refractivity contribution in [2.24, 2.45) is 0 Å². The standard InChI is InChI=1S/2C3H8O2.2C2H5FO2.12CH4.CH3.3U/c2*1-5-3-2-4;2*3-5-2-1-4;;;;;;;;;;;;;;;;/h2*4H,2-3H2,1H3;2*4H,1-2H2;12*1H4;1H3;;;/q;;;;;;;;;;;;;;;;-1;;;. The number of hydrogen-bond acceptors (Lipinski definition) is 8. The first-order valence-corrected chi connectivity index (χ1v) is 5.54. The van der Waals surface area contributed by atoms with Crippen LogP contribution in [0.15, 0.2) is 0 Å². The van der Waals surface area contributed by atoms with Gasteiger partial charge in [-0.2, -0.15) is 9.88 Å². The Morgan fingerprint density at radius 2 is 0.556 bits per heavy atom. The topological polar surface area (TPSA) is 118 Å². The van der Waals surface area contributed by atoms with Crippen molar-refractivity contribution in [1.82, 2.24) is 0 Å². The summed E-state index contributed by atoms with van der Waals surface area (Å²) in [6, 6.07) is 0. The monoisotopic (exact) mass is 1230 g/mol. The van der Waals surface area contributed by atoms with Crippen LogP contribution in [0.5, 0.6) is 0 Å². The third-order valence-electron chi connectivity index (χ3n) is 0.928. The summed E-state index contributed by atoms with van der Waals surface area (Å²) in [6.07, 6.45) is 0. The van der Waals surface area contributed by atoms with Crippen molar-refractivity contribution in [3.05, 3.63) is 7.43 Å². The molecule has 13 heteroatoms. The van der Waals surface area contributed by atoms with E-state index in [4.69, 9.17) is 20.4 Å². The second-order valence-corrected chi connectivity index (χ2v) is 2.51. The number of aliphatic hydroxyl groups is 4. The first kappa shape index (κ1) is 157. The number of hydrogen-bond donors (Lipinski definition) is 4. The van der Waals surface area contributed by atoms with Crippen LogP contribution < -0.4 is 0 Å². The first-order chi connectivity index (χ1) is 9.66. The summed E-state index contributed by atoms with van der Waals surface area (Å²) >= 11 is 0. The van der Waals surface area contributed by atoms with E-state index in [0.29, 0.717) is 13.2 Å². The summed E-state index contributed by atoms with van der Waals surface area (Å²) in [7, 11) is 3.10. The fourth-order valence-electron chi connectivity index (χ4n) is 0.252. The second-order valence-electron chi connectivity index (χ2n) is 2.51. The molecule has 0 bridgehead atoms. The van der Waals surface area contributed by atoms with Crippen LogP contribution in [0.1, 0.15) is 89.1 Å². The predicted molar refractivity (Wildman–Crippen MR) is 153 cm³/mol. The molecular weight excluding hydrogens is 1160 g/mol. The summed E-state index contributed by atoms with van der Waals surface area (Å²) < 4.78 is 29.5. The van der Waals surface area contributed by atoms with E-state index in [1.807, 2.05) is 0 Å². The molecule has 244 valence electrons. The van der Waals surface area contributed by atoms with E-state index in [1.165, 1.54) is 0 Å². The molecule has 0 aliphatic rings. The summed E-state index contributed by atoms with van der Waals surface area (Å²) in [5.41, 5.74) is 0. The van der Waals surface area contributed by atoms with Crippen LogP contribution in [0, 0.1) is 101 Å². The fraction of sp³-hybridized carbons (Fsp3) is 0.957. The van der Waals surface area contributed by atoms with Crippen LogP contribution in [0.4, 0.5) is 9.05 Å². The Hall–Kier alpha value is 2.70. The van der Waals surface area contributed by atoms with Gasteiger partial charge in [0.15, 0.2) is 0 Å². The number of methoxy groups -OCH3 is 2. The number of ether oxygens (including phenoxy) is 2. The molecule has 0 aliphatic carbocycles. The molecule has 0 atom stereocenters. The molecule has 0 rings (SSSR count). The summed E-state index contributed by atoms with van der Waals surface area (Å²) in [4.78, 5) is 5.88. The van der Waals surface area contributed by atoms with Gasteiger partial charge >= 0.3 is 0 Å². The normalized spacial score (nSPS) is 4.67. The van der Waals surface area contributed by atoms with Gasteiger partial charge in [0.25, 0.3) is 0 Å². The van der Waals surface area contributed by atoms with Crippen LogP contribution in [-0.4, -0.2) is 87.5 Å². The van der Waals surface area contributed by atoms with Crippen molar-refractivity contribution in [2.75, 3.05) is 67.1 Å². The van der Waals surface area contributed by atoms with Gasteiger partial charge in [-0.3, -0.25) is 0 Å². The van der Waals surface area contributed by atoms with Gasteiger partial charge in [-0.15, -0.1) is 0 Å². The number of halogens is 2. The molecule has 0 aromatic heterocycles. The van der Waals surface area contributed by atoms with Gasteiger partial charge in [0.1, 0.15) is 13.2 Å². The molecule has 4 N–H and O–H groups in total. The minimum absolute atomic E-state index is 0. The van der Waals surface area contributed by atoms with Gasteiger partial charge in [-0.05, 0) is 9.05 Å². The summed E-state index contributed by atoms with van der Waals surface area (Å²) in [5, 5.41) is 31.3. The molecule has 0 radical (unpaired) electrons. The van der Waals surface area contributed by atoms with Gasteiger partial charge in [0.2, 0.25) is 0 Å². The molecule has 0 spiro atoms. The van der Waals surface area contributed by atoms with Crippen molar-refractivity contribution >= 4 is 0 Å². The molecule has 0 unspecified atom stereocenters. The maximum absolute atomic E-state index is 10.3. The Bertz CT molecular complexity index is 105. The summed E-state index contributed by atoms with van der Waals surface area (Å²) in [5.74, 6) is 0. The molecule has 0 saturated carbocycles. The predicted octanol–water partition coefficient (Wildman–Crippen LogP) is 7.09. The molecule has 8 nitrogen and oxygen atoms in total. The zero-order valence-electron chi connectivity index (χ0n) is 14.3. The van der Waals surface area contributed by atoms with E-state index in [0.717, 1.165) is 0 Å². The fourth-order valence-corrected chi connectivity index (χ4v) is 0.252. The van der Waals surface area contributed by atoms with Crippen LogP contribution in [-0.2, 0) is 19.4 Å². The van der Waals surface area contributed by atoms with E-state index in [9.17, 15) is 9.05 Å². The molecular formula is C23H77F2O8U3-. The quantitative estimate of drug-likeness (QED) is 0.191. The van der Waals surface area contributed by atoms with E-state index < -0.39 is 0 Å². The third-order valence-corrected chi connectivity index (χ3v) is 0.928. The smallest absolute Gasteiger partial charge is 0.111 e. The molecule has 0 aliphatic heterocycles. The third kappa shape index (κ3) is 409. The number of rotatable bonds is 8. The Balaban J connectivity index is -0.00000000459. The average Bonchev–Trinajstić information content (AvgIpc) is 2.44. The van der Waals surface area contributed by atoms with Crippen LogP contribution >= 0.6 is 0 Å². The molecule has 36 heavy (non-hydrogen) atoms. The van der Waals surface area contributed by atoms with Crippen LogP contribution in [0.2, 0.25) is 0 Å². The van der Waals surface area contributed by atoms with E-state index in [2.05, 4.69) is 19.4 Å². The zero-order chi connectivity index (χ0) is 16.5. The van der Waals surface area contributed by atoms with Crippen molar-refractivity contribution in [2.45, 2.75) is 89.1 Å². The maximum atomic E-state index is 10.3. The largest absolute Gasteiger partial charge is 0.394 e. The number of aliphatic hydroxyl groups excluding tert-OH is 4. The van der Waals surface area contributed by atoms with Crippen molar-refractivity contribution in [3.63, 3.8) is 0 Å². The Morgan fingerprint density at radius 3 is 0.556 bits per heavy atom. The average molecular weight is 1230 g/mol. The minimum atomic E-state index is -0.253. The zero-order valence-corrected chi connectivity index (χ0v) is 26.8. The van der Waals surface area contributed by atoms with Crippen molar-refractivity contribution in [1.29, 1.82) is 0 Å². The first-order valence-electron chi connectivity index (χ1n) is 5.54. The van der Waals surface area contributed by atoms with Crippen LogP contribution in [0.3, 0.4) is 0 Å². The summed E-state index contributed by atoms with van der Waals surface area (Å²) in [6.45, 7) is 0.181. The Morgan fingerprint density at radius 1 is 0.417 bits per heavy atom. The molecule has 0 aromatic carbocycles. The van der Waals surface area contributed by atoms with Crippen LogP contribution in [0.25, 0.3) is 0 Å². The van der Waals surface area contributed by atoms with Gasteiger partial charge in [-0.1, -0.05) is 89.1 Å². The van der Waals surface area contributed by atoms with Gasteiger partial charge < -0.3 is 37.3 Å². The van der Waals surface area contributed by atoms with E-state index >= 15 is 0 Å². The van der Waals surface area contributed by atoms with Crippen molar-refractivity contribution < 1.29 is 142 Å². The van der Waals surface area contributed by atoms with Gasteiger partial charge in [0.05, 0.1) is 39.6 Å². The SMILES string of the molecule is C.C.C.C.C.C.C.C.C.C.C.C.COCCO.COCCO.OCCOF.OCCOF.[CH3-].[U].[U].[U]. The maximum Gasteiger partial charge on any atom is 0.111 e. The second kappa shape index (κ2) is 235.